The van der Waals surface area contributed by atoms with E-state index in [-0.39, 0.29) is 0 Å². The van der Waals surface area contributed by atoms with Crippen LogP contribution in [0.15, 0.2) is 16.7 Å². The van der Waals surface area contributed by atoms with Crippen LogP contribution in [0, 0.1) is 13.8 Å². The summed E-state index contributed by atoms with van der Waals surface area (Å²) in [6, 6.07) is 1.93. The second-order valence-electron chi connectivity index (χ2n) is 4.67. The maximum absolute atomic E-state index is 5.49. The van der Waals surface area contributed by atoms with Gasteiger partial charge in [0.05, 0.1) is 6.26 Å². The molecule has 0 radical (unpaired) electrons. The van der Waals surface area contributed by atoms with Gasteiger partial charge in [0.2, 0.25) is 0 Å². The van der Waals surface area contributed by atoms with Crippen molar-refractivity contribution in [2.75, 3.05) is 11.9 Å². The molecular weight excluding hydrogens is 238 g/mol. The van der Waals surface area contributed by atoms with Gasteiger partial charge in [-0.15, -0.1) is 0 Å². The highest BCUT2D eigenvalue weighted by molar-refractivity contribution is 5.58. The topological polar surface area (TPSA) is 51.0 Å². The zero-order chi connectivity index (χ0) is 13.8. The number of aromatic nitrogens is 2. The van der Waals surface area contributed by atoms with Crippen molar-refractivity contribution >= 4 is 5.82 Å². The molecule has 0 unspecified atom stereocenters. The fourth-order valence-corrected chi connectivity index (χ4v) is 2.11. The second-order valence-corrected chi connectivity index (χ2v) is 4.67. The van der Waals surface area contributed by atoms with E-state index in [4.69, 9.17) is 4.42 Å². The van der Waals surface area contributed by atoms with Crippen molar-refractivity contribution in [1.29, 1.82) is 0 Å². The standard InChI is InChI=1S/C15H21N3O/c1-5-8-16-14-12(6-2)11(4)17-15(18-14)13-10(3)7-9-19-13/h7,9H,5-6,8H2,1-4H3,(H,16,17,18). The fourth-order valence-electron chi connectivity index (χ4n) is 2.11. The van der Waals surface area contributed by atoms with Crippen LogP contribution >= 0.6 is 0 Å². The molecule has 0 aliphatic rings. The van der Waals surface area contributed by atoms with Gasteiger partial charge in [-0.2, -0.15) is 0 Å². The third-order valence-corrected chi connectivity index (χ3v) is 3.18. The van der Waals surface area contributed by atoms with Crippen LogP contribution in [0.4, 0.5) is 5.82 Å². The van der Waals surface area contributed by atoms with Crippen molar-refractivity contribution in [3.8, 4) is 11.6 Å². The average molecular weight is 259 g/mol. The minimum Gasteiger partial charge on any atom is -0.461 e. The van der Waals surface area contributed by atoms with Crippen LogP contribution in [-0.2, 0) is 6.42 Å². The Hall–Kier alpha value is -1.84. The molecule has 0 aliphatic heterocycles. The first kappa shape index (κ1) is 13.6. The number of nitrogens with one attached hydrogen (secondary N) is 1. The number of nitrogens with zero attached hydrogens (tertiary/aromatic N) is 2. The average Bonchev–Trinajstić information content (AvgIpc) is 2.82. The summed E-state index contributed by atoms with van der Waals surface area (Å²) < 4.78 is 5.49. The summed E-state index contributed by atoms with van der Waals surface area (Å²) in [6.07, 6.45) is 3.67. The van der Waals surface area contributed by atoms with Crippen LogP contribution in [0.25, 0.3) is 11.6 Å². The Labute approximate surface area is 114 Å². The molecule has 102 valence electrons. The zero-order valence-corrected chi connectivity index (χ0v) is 12.1. The van der Waals surface area contributed by atoms with Gasteiger partial charge in [-0.3, -0.25) is 0 Å². The van der Waals surface area contributed by atoms with E-state index >= 15 is 0 Å². The highest BCUT2D eigenvalue weighted by Crippen LogP contribution is 2.25. The lowest BCUT2D eigenvalue weighted by Gasteiger charge is -2.12. The molecule has 0 saturated heterocycles. The molecular formula is C15H21N3O. The summed E-state index contributed by atoms with van der Waals surface area (Å²) in [5, 5.41) is 3.38. The molecule has 2 aromatic heterocycles. The maximum atomic E-state index is 5.49. The van der Waals surface area contributed by atoms with E-state index in [1.165, 1.54) is 5.56 Å². The van der Waals surface area contributed by atoms with Gasteiger partial charge in [0, 0.05) is 17.8 Å². The molecule has 0 aromatic carbocycles. The van der Waals surface area contributed by atoms with Gasteiger partial charge >= 0.3 is 0 Å². The molecule has 2 aromatic rings. The van der Waals surface area contributed by atoms with Crippen LogP contribution < -0.4 is 5.32 Å². The highest BCUT2D eigenvalue weighted by atomic mass is 16.3. The molecule has 4 nitrogen and oxygen atoms in total. The number of anilines is 1. The summed E-state index contributed by atoms with van der Waals surface area (Å²) >= 11 is 0. The molecule has 0 amide bonds. The minimum absolute atomic E-state index is 0.663. The van der Waals surface area contributed by atoms with Crippen LogP contribution in [-0.4, -0.2) is 16.5 Å². The van der Waals surface area contributed by atoms with Gasteiger partial charge < -0.3 is 9.73 Å². The quantitative estimate of drug-likeness (QED) is 0.888. The monoisotopic (exact) mass is 259 g/mol. The summed E-state index contributed by atoms with van der Waals surface area (Å²) in [4.78, 5) is 9.20. The number of furan rings is 1. The normalized spacial score (nSPS) is 10.7. The van der Waals surface area contributed by atoms with E-state index in [1.807, 2.05) is 19.9 Å². The highest BCUT2D eigenvalue weighted by Gasteiger charge is 2.14. The van der Waals surface area contributed by atoms with Crippen molar-refractivity contribution in [1.82, 2.24) is 9.97 Å². The first-order chi connectivity index (χ1) is 9.17. The van der Waals surface area contributed by atoms with Crippen molar-refractivity contribution < 1.29 is 4.42 Å². The van der Waals surface area contributed by atoms with Crippen molar-refractivity contribution in [3.05, 3.63) is 29.2 Å². The second kappa shape index (κ2) is 5.87. The van der Waals surface area contributed by atoms with E-state index in [1.54, 1.807) is 6.26 Å². The summed E-state index contributed by atoms with van der Waals surface area (Å²) in [5.41, 5.74) is 3.26. The van der Waals surface area contributed by atoms with Gasteiger partial charge in [0.15, 0.2) is 11.6 Å². The van der Waals surface area contributed by atoms with Gasteiger partial charge in [-0.05, 0) is 38.3 Å². The number of aryl methyl sites for hydroxylation is 2. The van der Waals surface area contributed by atoms with E-state index in [9.17, 15) is 0 Å². The lowest BCUT2D eigenvalue weighted by molar-refractivity contribution is 0.575. The molecule has 0 fully saturated rings. The Bertz CT molecular complexity index is 561. The Morgan fingerprint density at radius 1 is 1.21 bits per heavy atom. The molecule has 0 saturated carbocycles. The zero-order valence-electron chi connectivity index (χ0n) is 12.1. The third kappa shape index (κ3) is 2.78. The molecule has 0 spiro atoms. The first-order valence-electron chi connectivity index (χ1n) is 6.83. The molecule has 1 N–H and O–H groups in total. The van der Waals surface area contributed by atoms with Crippen LogP contribution in [0.3, 0.4) is 0 Å². The molecule has 2 rings (SSSR count). The molecule has 2 heterocycles. The Balaban J connectivity index is 2.47. The van der Waals surface area contributed by atoms with Gasteiger partial charge in [-0.25, -0.2) is 9.97 Å². The predicted octanol–water partition coefficient (Wildman–Crippen LogP) is 3.74. The number of hydrogen-bond acceptors (Lipinski definition) is 4. The minimum atomic E-state index is 0.663. The van der Waals surface area contributed by atoms with Crippen molar-refractivity contribution in [2.24, 2.45) is 0 Å². The predicted molar refractivity (Wildman–Crippen MR) is 77.4 cm³/mol. The van der Waals surface area contributed by atoms with E-state index in [2.05, 4.69) is 29.1 Å². The molecule has 0 aliphatic carbocycles. The smallest absolute Gasteiger partial charge is 0.198 e. The summed E-state index contributed by atoms with van der Waals surface area (Å²) in [6.45, 7) is 9.22. The lowest BCUT2D eigenvalue weighted by atomic mass is 10.1. The summed E-state index contributed by atoms with van der Waals surface area (Å²) in [5.74, 6) is 2.35. The molecule has 0 atom stereocenters. The first-order valence-corrected chi connectivity index (χ1v) is 6.83. The van der Waals surface area contributed by atoms with E-state index < -0.39 is 0 Å². The number of rotatable bonds is 5. The Morgan fingerprint density at radius 2 is 2.00 bits per heavy atom. The molecule has 4 heteroatoms. The molecule has 19 heavy (non-hydrogen) atoms. The van der Waals surface area contributed by atoms with Crippen molar-refractivity contribution in [3.63, 3.8) is 0 Å². The van der Waals surface area contributed by atoms with E-state index in [0.717, 1.165) is 42.2 Å². The van der Waals surface area contributed by atoms with Crippen LogP contribution in [0.5, 0.6) is 0 Å². The van der Waals surface area contributed by atoms with Crippen LogP contribution in [0.1, 0.15) is 37.1 Å². The third-order valence-electron chi connectivity index (χ3n) is 3.18. The lowest BCUT2D eigenvalue weighted by Crippen LogP contribution is -2.09. The SMILES string of the molecule is CCCNc1nc(-c2occc2C)nc(C)c1CC. The van der Waals surface area contributed by atoms with E-state index in [0.29, 0.717) is 5.82 Å². The number of hydrogen-bond donors (Lipinski definition) is 1. The van der Waals surface area contributed by atoms with Crippen molar-refractivity contribution in [2.45, 2.75) is 40.5 Å². The van der Waals surface area contributed by atoms with Gasteiger partial charge in [0.25, 0.3) is 0 Å². The Kier molecular flexibility index (Phi) is 4.20. The van der Waals surface area contributed by atoms with Gasteiger partial charge in [-0.1, -0.05) is 13.8 Å². The Morgan fingerprint density at radius 3 is 2.58 bits per heavy atom. The van der Waals surface area contributed by atoms with Crippen LogP contribution in [0.2, 0.25) is 0 Å². The molecule has 0 bridgehead atoms. The maximum Gasteiger partial charge on any atom is 0.198 e. The fraction of sp³-hybridized carbons (Fsp3) is 0.467. The van der Waals surface area contributed by atoms with Gasteiger partial charge in [0.1, 0.15) is 5.82 Å². The summed E-state index contributed by atoms with van der Waals surface area (Å²) in [7, 11) is 0. The largest absolute Gasteiger partial charge is 0.461 e.